The van der Waals surface area contributed by atoms with Crippen LogP contribution < -0.4 is 5.32 Å². The van der Waals surface area contributed by atoms with Crippen LogP contribution in [0.2, 0.25) is 0 Å². The van der Waals surface area contributed by atoms with Crippen LogP contribution in [0.1, 0.15) is 75.9 Å². The first-order valence-corrected chi connectivity index (χ1v) is 8.30. The number of nitrogens with zero attached hydrogens (tertiary/aromatic N) is 2. The lowest BCUT2D eigenvalue weighted by atomic mass is 9.80. The van der Waals surface area contributed by atoms with Crippen molar-refractivity contribution in [1.82, 2.24) is 9.97 Å². The average molecular weight is 275 g/mol. The van der Waals surface area contributed by atoms with E-state index in [-0.39, 0.29) is 0 Å². The van der Waals surface area contributed by atoms with E-state index in [0.29, 0.717) is 5.92 Å². The quantitative estimate of drug-likeness (QED) is 0.862. The van der Waals surface area contributed by atoms with Crippen molar-refractivity contribution in [2.75, 3.05) is 11.9 Å². The Balaban J connectivity index is 2.20. The molecule has 0 atom stereocenters. The van der Waals surface area contributed by atoms with Crippen molar-refractivity contribution in [2.24, 2.45) is 5.92 Å². The molecule has 1 saturated carbocycles. The highest BCUT2D eigenvalue weighted by atomic mass is 15.0. The average Bonchev–Trinajstić information content (AvgIpc) is 2.47. The van der Waals surface area contributed by atoms with E-state index < -0.39 is 0 Å². The predicted octanol–water partition coefficient (Wildman–Crippen LogP) is 4.46. The number of rotatable bonds is 5. The maximum atomic E-state index is 4.85. The number of aryl methyl sites for hydroxylation is 1. The summed E-state index contributed by atoms with van der Waals surface area (Å²) in [7, 11) is 0. The molecule has 1 aliphatic rings. The van der Waals surface area contributed by atoms with E-state index in [1.54, 1.807) is 0 Å². The van der Waals surface area contributed by atoms with Crippen LogP contribution in [0.15, 0.2) is 0 Å². The van der Waals surface area contributed by atoms with E-state index in [1.807, 2.05) is 0 Å². The number of aromatic nitrogens is 2. The minimum absolute atomic E-state index is 0.569. The third kappa shape index (κ3) is 3.31. The molecule has 1 heterocycles. The summed E-state index contributed by atoms with van der Waals surface area (Å²) in [4.78, 5) is 9.66. The molecule has 1 aromatic rings. The first-order chi connectivity index (χ1) is 9.69. The fourth-order valence-corrected chi connectivity index (χ4v) is 3.37. The van der Waals surface area contributed by atoms with Gasteiger partial charge in [0.05, 0.1) is 0 Å². The minimum atomic E-state index is 0.569. The Morgan fingerprint density at radius 1 is 1.05 bits per heavy atom. The van der Waals surface area contributed by atoms with Crippen molar-refractivity contribution in [3.63, 3.8) is 0 Å². The fraction of sp³-hybridized carbons (Fsp3) is 0.765. The second kappa shape index (κ2) is 7.05. The van der Waals surface area contributed by atoms with Crippen LogP contribution in [-0.2, 0) is 6.42 Å². The molecule has 0 aliphatic heterocycles. The predicted molar refractivity (Wildman–Crippen MR) is 85.3 cm³/mol. The van der Waals surface area contributed by atoms with E-state index in [9.17, 15) is 0 Å². The lowest BCUT2D eigenvalue weighted by molar-refractivity contribution is 0.312. The molecule has 3 heteroatoms. The molecule has 0 unspecified atom stereocenters. The topological polar surface area (TPSA) is 37.8 Å². The highest BCUT2D eigenvalue weighted by molar-refractivity contribution is 5.46. The fourth-order valence-electron chi connectivity index (χ4n) is 3.37. The van der Waals surface area contributed by atoms with Gasteiger partial charge < -0.3 is 5.32 Å². The largest absolute Gasteiger partial charge is 0.370 e. The standard InChI is InChI=1S/C17H29N3/c1-5-13-8-10-14(11-9-13)16-19-12(4)15(6-2)17(20-16)18-7-3/h13-14H,5-11H2,1-4H3,(H,18,19,20). The van der Waals surface area contributed by atoms with Crippen molar-refractivity contribution < 1.29 is 0 Å². The zero-order chi connectivity index (χ0) is 14.5. The summed E-state index contributed by atoms with van der Waals surface area (Å²) in [5.41, 5.74) is 2.43. The van der Waals surface area contributed by atoms with Gasteiger partial charge in [-0.05, 0) is 51.9 Å². The van der Waals surface area contributed by atoms with Gasteiger partial charge in [0.1, 0.15) is 11.6 Å². The Labute approximate surface area is 123 Å². The van der Waals surface area contributed by atoms with Gasteiger partial charge in [0.15, 0.2) is 0 Å². The molecule has 0 spiro atoms. The minimum Gasteiger partial charge on any atom is -0.370 e. The Morgan fingerprint density at radius 3 is 2.30 bits per heavy atom. The van der Waals surface area contributed by atoms with Gasteiger partial charge >= 0.3 is 0 Å². The maximum Gasteiger partial charge on any atom is 0.134 e. The van der Waals surface area contributed by atoms with Crippen LogP contribution in [0.4, 0.5) is 5.82 Å². The summed E-state index contributed by atoms with van der Waals surface area (Å²) in [6.45, 7) is 9.67. The number of hydrogen-bond donors (Lipinski definition) is 1. The van der Waals surface area contributed by atoms with Crippen LogP contribution in [0, 0.1) is 12.8 Å². The van der Waals surface area contributed by atoms with Gasteiger partial charge in [-0.15, -0.1) is 0 Å². The SMILES string of the molecule is CCNc1nc(C2CCC(CC)CC2)nc(C)c1CC. The third-order valence-corrected chi connectivity index (χ3v) is 4.72. The monoisotopic (exact) mass is 275 g/mol. The van der Waals surface area contributed by atoms with E-state index in [1.165, 1.54) is 37.7 Å². The van der Waals surface area contributed by atoms with Gasteiger partial charge in [-0.1, -0.05) is 20.3 Å². The van der Waals surface area contributed by atoms with Crippen LogP contribution in [0.25, 0.3) is 0 Å². The lowest BCUT2D eigenvalue weighted by Crippen LogP contribution is -2.17. The zero-order valence-corrected chi connectivity index (χ0v) is 13.5. The van der Waals surface area contributed by atoms with Crippen LogP contribution in [-0.4, -0.2) is 16.5 Å². The lowest BCUT2D eigenvalue weighted by Gasteiger charge is -2.27. The molecular weight excluding hydrogens is 246 g/mol. The first kappa shape index (κ1) is 15.3. The highest BCUT2D eigenvalue weighted by Gasteiger charge is 2.24. The van der Waals surface area contributed by atoms with Gasteiger partial charge in [0, 0.05) is 23.7 Å². The van der Waals surface area contributed by atoms with Gasteiger partial charge in [0.2, 0.25) is 0 Å². The summed E-state index contributed by atoms with van der Waals surface area (Å²) >= 11 is 0. The summed E-state index contributed by atoms with van der Waals surface area (Å²) in [6.07, 6.45) is 7.52. The van der Waals surface area contributed by atoms with E-state index in [0.717, 1.165) is 36.2 Å². The second-order valence-electron chi connectivity index (χ2n) is 6.00. The molecular formula is C17H29N3. The Bertz CT molecular complexity index is 434. The van der Waals surface area contributed by atoms with E-state index >= 15 is 0 Å². The molecule has 0 radical (unpaired) electrons. The van der Waals surface area contributed by atoms with Crippen molar-refractivity contribution >= 4 is 5.82 Å². The summed E-state index contributed by atoms with van der Waals surface area (Å²) < 4.78 is 0. The molecule has 3 nitrogen and oxygen atoms in total. The molecule has 0 aromatic carbocycles. The summed E-state index contributed by atoms with van der Waals surface area (Å²) in [5.74, 6) is 3.63. The van der Waals surface area contributed by atoms with Crippen molar-refractivity contribution in [3.8, 4) is 0 Å². The molecule has 0 amide bonds. The Kier molecular flexibility index (Phi) is 5.38. The highest BCUT2D eigenvalue weighted by Crippen LogP contribution is 2.36. The number of anilines is 1. The number of hydrogen-bond acceptors (Lipinski definition) is 3. The second-order valence-corrected chi connectivity index (χ2v) is 6.00. The number of nitrogens with one attached hydrogen (secondary N) is 1. The molecule has 112 valence electrons. The normalized spacial score (nSPS) is 22.8. The maximum absolute atomic E-state index is 4.85. The molecule has 1 fully saturated rings. The molecule has 0 saturated heterocycles. The Hall–Kier alpha value is -1.12. The third-order valence-electron chi connectivity index (χ3n) is 4.72. The van der Waals surface area contributed by atoms with Crippen LogP contribution >= 0.6 is 0 Å². The van der Waals surface area contributed by atoms with E-state index in [4.69, 9.17) is 9.97 Å². The molecule has 1 aliphatic carbocycles. The van der Waals surface area contributed by atoms with Crippen LogP contribution in [0.5, 0.6) is 0 Å². The van der Waals surface area contributed by atoms with Gasteiger partial charge in [-0.3, -0.25) is 0 Å². The molecule has 1 N–H and O–H groups in total. The van der Waals surface area contributed by atoms with Crippen LogP contribution in [0.3, 0.4) is 0 Å². The molecule has 20 heavy (non-hydrogen) atoms. The van der Waals surface area contributed by atoms with Crippen molar-refractivity contribution in [2.45, 2.75) is 72.1 Å². The van der Waals surface area contributed by atoms with Crippen molar-refractivity contribution in [3.05, 3.63) is 17.1 Å². The molecule has 1 aromatic heterocycles. The van der Waals surface area contributed by atoms with Gasteiger partial charge in [-0.2, -0.15) is 0 Å². The van der Waals surface area contributed by atoms with E-state index in [2.05, 4.69) is 33.0 Å². The Morgan fingerprint density at radius 2 is 1.75 bits per heavy atom. The molecule has 0 bridgehead atoms. The first-order valence-electron chi connectivity index (χ1n) is 8.30. The van der Waals surface area contributed by atoms with Gasteiger partial charge in [0.25, 0.3) is 0 Å². The van der Waals surface area contributed by atoms with Gasteiger partial charge in [-0.25, -0.2) is 9.97 Å². The smallest absolute Gasteiger partial charge is 0.134 e. The summed E-state index contributed by atoms with van der Waals surface area (Å²) in [6, 6.07) is 0. The summed E-state index contributed by atoms with van der Waals surface area (Å²) in [5, 5.41) is 3.42. The van der Waals surface area contributed by atoms with Crippen molar-refractivity contribution in [1.29, 1.82) is 0 Å². The zero-order valence-electron chi connectivity index (χ0n) is 13.5. The molecule has 2 rings (SSSR count).